The number of rotatable bonds is 6. The Balaban J connectivity index is 1.70. The maximum atomic E-state index is 13.1. The van der Waals surface area contributed by atoms with Crippen LogP contribution in [0.25, 0.3) is 11.0 Å². The molecule has 186 valence electrons. The molecule has 0 unspecified atom stereocenters. The van der Waals surface area contributed by atoms with E-state index in [0.717, 1.165) is 19.3 Å². The van der Waals surface area contributed by atoms with Crippen molar-refractivity contribution < 1.29 is 9.59 Å². The predicted molar refractivity (Wildman–Crippen MR) is 139 cm³/mol. The Bertz CT molecular complexity index is 1340. The van der Waals surface area contributed by atoms with Gasteiger partial charge in [-0.15, -0.1) is 0 Å². The molecule has 1 fully saturated rings. The molecule has 1 aromatic carbocycles. The second-order valence-corrected chi connectivity index (χ2v) is 9.41. The molecular weight excluding hydrogens is 478 g/mol. The second-order valence-electron chi connectivity index (χ2n) is 9.00. The van der Waals surface area contributed by atoms with Crippen LogP contribution in [0.2, 0.25) is 5.02 Å². The van der Waals surface area contributed by atoms with Crippen LogP contribution in [0.5, 0.6) is 0 Å². The molecule has 3 heterocycles. The van der Waals surface area contributed by atoms with Crippen LogP contribution in [-0.2, 0) is 4.79 Å². The van der Waals surface area contributed by atoms with Crippen molar-refractivity contribution in [2.45, 2.75) is 25.3 Å². The van der Waals surface area contributed by atoms with Crippen LogP contribution in [-0.4, -0.2) is 69.9 Å². The number of halogens is 1. The molecule has 0 bridgehead atoms. The van der Waals surface area contributed by atoms with Crippen LogP contribution < -0.4 is 5.32 Å². The third kappa shape index (κ3) is 5.56. The molecular formula is C26H28ClN7O2. The topological polar surface area (TPSA) is 107 Å². The first-order valence-electron chi connectivity index (χ1n) is 11.8. The molecule has 1 N–H and O–H groups in total. The lowest BCUT2D eigenvalue weighted by atomic mass is 10.1. The van der Waals surface area contributed by atoms with Crippen molar-refractivity contribution in [3.8, 4) is 6.07 Å². The highest BCUT2D eigenvalue weighted by Crippen LogP contribution is 2.34. The maximum Gasteiger partial charge on any atom is 0.260 e. The molecule has 2 aromatic heterocycles. The standard InChI is InChI=1S/C26H28ClN7O2/c1-32(2)13-6-10-23(35)33-14-4-3-7-19(17-33)34-24-21(27)8-5-9-22(24)30-26(34)31-25(36)20-16-29-12-11-18(20)15-28/h5-6,8-12,16,19H,3-4,7,13-14,17H2,1-2H3,(H,30,31,36)/b10-6+/t19-/m1/s1. The van der Waals surface area contributed by atoms with E-state index < -0.39 is 5.91 Å². The fourth-order valence-corrected chi connectivity index (χ4v) is 4.65. The van der Waals surface area contributed by atoms with Crippen LogP contribution in [0.1, 0.15) is 41.2 Å². The van der Waals surface area contributed by atoms with E-state index >= 15 is 0 Å². The number of nitrogens with zero attached hydrogens (tertiary/aromatic N) is 6. The van der Waals surface area contributed by atoms with Gasteiger partial charge in [0, 0.05) is 38.1 Å². The number of nitrogens with one attached hydrogen (secondary N) is 1. The van der Waals surface area contributed by atoms with Crippen molar-refractivity contribution in [1.29, 1.82) is 5.26 Å². The molecule has 4 rings (SSSR count). The maximum absolute atomic E-state index is 13.1. The van der Waals surface area contributed by atoms with Crippen molar-refractivity contribution in [2.24, 2.45) is 0 Å². The SMILES string of the molecule is CN(C)C/C=C/C(=O)N1CCCC[C@@H](n2c(NC(=O)c3cnccc3C#N)nc3cccc(Cl)c32)C1. The monoisotopic (exact) mass is 505 g/mol. The van der Waals surface area contributed by atoms with Crippen LogP contribution in [0.3, 0.4) is 0 Å². The first-order chi connectivity index (χ1) is 17.4. The zero-order chi connectivity index (χ0) is 25.7. The van der Waals surface area contributed by atoms with Crippen molar-refractivity contribution in [1.82, 2.24) is 24.3 Å². The summed E-state index contributed by atoms with van der Waals surface area (Å²) in [5, 5.41) is 12.8. The highest BCUT2D eigenvalue weighted by Gasteiger charge is 2.27. The Morgan fingerprint density at radius 2 is 2.14 bits per heavy atom. The van der Waals surface area contributed by atoms with Gasteiger partial charge in [-0.25, -0.2) is 4.98 Å². The summed E-state index contributed by atoms with van der Waals surface area (Å²) in [6.45, 7) is 1.80. The minimum absolute atomic E-state index is 0.0427. The number of likely N-dealkylation sites (N-methyl/N-ethyl adjacent to an activating group) is 1. The number of hydrogen-bond donors (Lipinski definition) is 1. The van der Waals surface area contributed by atoms with Gasteiger partial charge in [-0.1, -0.05) is 23.7 Å². The number of likely N-dealkylation sites (tertiary alicyclic amines) is 1. The number of imidazole rings is 1. The molecule has 0 spiro atoms. The molecule has 0 aliphatic carbocycles. The summed E-state index contributed by atoms with van der Waals surface area (Å²) in [7, 11) is 3.90. The quantitative estimate of drug-likeness (QED) is 0.509. The third-order valence-electron chi connectivity index (χ3n) is 6.13. The van der Waals surface area contributed by atoms with E-state index in [-0.39, 0.29) is 23.1 Å². The van der Waals surface area contributed by atoms with Crippen molar-refractivity contribution in [2.75, 3.05) is 39.0 Å². The molecule has 1 aliphatic heterocycles. The average molecular weight is 506 g/mol. The van der Waals surface area contributed by atoms with Gasteiger partial charge in [-0.05, 0) is 51.6 Å². The van der Waals surface area contributed by atoms with Gasteiger partial charge in [0.25, 0.3) is 5.91 Å². The van der Waals surface area contributed by atoms with Gasteiger partial charge in [0.15, 0.2) is 0 Å². The molecule has 2 amide bonds. The molecule has 9 nitrogen and oxygen atoms in total. The van der Waals surface area contributed by atoms with E-state index in [1.165, 1.54) is 18.5 Å². The predicted octanol–water partition coefficient (Wildman–Crippen LogP) is 3.88. The summed E-state index contributed by atoms with van der Waals surface area (Å²) in [6.07, 6.45) is 8.89. The number of fused-ring (bicyclic) bond motifs is 1. The fraction of sp³-hybridized carbons (Fsp3) is 0.346. The molecule has 1 atom stereocenters. The Morgan fingerprint density at radius 3 is 2.92 bits per heavy atom. The van der Waals surface area contributed by atoms with E-state index in [0.29, 0.717) is 41.6 Å². The van der Waals surface area contributed by atoms with Crippen LogP contribution in [0, 0.1) is 11.3 Å². The van der Waals surface area contributed by atoms with Crippen molar-refractivity contribution in [3.63, 3.8) is 0 Å². The summed E-state index contributed by atoms with van der Waals surface area (Å²) in [4.78, 5) is 38.6. The normalized spacial score (nSPS) is 16.3. The highest BCUT2D eigenvalue weighted by molar-refractivity contribution is 6.35. The Kier molecular flexibility index (Phi) is 7.98. The van der Waals surface area contributed by atoms with E-state index in [1.54, 1.807) is 18.2 Å². The van der Waals surface area contributed by atoms with Gasteiger partial charge in [-0.3, -0.25) is 19.9 Å². The number of amides is 2. The van der Waals surface area contributed by atoms with Gasteiger partial charge in [-0.2, -0.15) is 5.26 Å². The number of aromatic nitrogens is 3. The van der Waals surface area contributed by atoms with E-state index in [9.17, 15) is 14.9 Å². The summed E-state index contributed by atoms with van der Waals surface area (Å²) in [5.74, 6) is -0.210. The largest absolute Gasteiger partial charge is 0.337 e. The van der Waals surface area contributed by atoms with Gasteiger partial charge in [0.2, 0.25) is 11.9 Å². The molecule has 36 heavy (non-hydrogen) atoms. The molecule has 10 heteroatoms. The molecule has 1 aliphatic rings. The number of anilines is 1. The van der Waals surface area contributed by atoms with Crippen molar-refractivity contribution >= 4 is 40.4 Å². The number of carbonyl (C=O) groups excluding carboxylic acids is 2. The van der Waals surface area contributed by atoms with Gasteiger partial charge < -0.3 is 14.4 Å². The van der Waals surface area contributed by atoms with Gasteiger partial charge in [0.05, 0.1) is 33.2 Å². The third-order valence-corrected chi connectivity index (χ3v) is 6.43. The van der Waals surface area contributed by atoms with Gasteiger partial charge >= 0.3 is 0 Å². The Morgan fingerprint density at radius 1 is 1.31 bits per heavy atom. The van der Waals surface area contributed by atoms with Crippen molar-refractivity contribution in [3.05, 3.63) is 65.0 Å². The summed E-state index contributed by atoms with van der Waals surface area (Å²) in [5.41, 5.74) is 1.72. The lowest BCUT2D eigenvalue weighted by molar-refractivity contribution is -0.126. The number of hydrogen-bond acceptors (Lipinski definition) is 6. The fourth-order valence-electron chi connectivity index (χ4n) is 4.39. The number of pyridine rings is 1. The average Bonchev–Trinajstić information content (AvgIpc) is 3.05. The van der Waals surface area contributed by atoms with E-state index in [1.807, 2.05) is 46.7 Å². The highest BCUT2D eigenvalue weighted by atomic mass is 35.5. The zero-order valence-corrected chi connectivity index (χ0v) is 21.1. The van der Waals surface area contributed by atoms with Crippen LogP contribution in [0.15, 0.2) is 48.8 Å². The van der Waals surface area contributed by atoms with Crippen LogP contribution >= 0.6 is 11.6 Å². The first-order valence-corrected chi connectivity index (χ1v) is 12.2. The number of nitriles is 1. The number of benzene rings is 1. The number of para-hydroxylation sites is 1. The van der Waals surface area contributed by atoms with Crippen LogP contribution in [0.4, 0.5) is 5.95 Å². The molecule has 1 saturated heterocycles. The zero-order valence-electron chi connectivity index (χ0n) is 20.3. The summed E-state index contributed by atoms with van der Waals surface area (Å²) in [6, 6.07) is 8.79. The summed E-state index contributed by atoms with van der Waals surface area (Å²) >= 11 is 6.61. The second kappa shape index (κ2) is 11.3. The molecule has 0 radical (unpaired) electrons. The molecule has 0 saturated carbocycles. The van der Waals surface area contributed by atoms with E-state index in [4.69, 9.17) is 11.6 Å². The first kappa shape index (κ1) is 25.4. The number of carbonyl (C=O) groups is 2. The Labute approximate surface area is 215 Å². The smallest absolute Gasteiger partial charge is 0.260 e. The summed E-state index contributed by atoms with van der Waals surface area (Å²) < 4.78 is 1.92. The lowest BCUT2D eigenvalue weighted by Gasteiger charge is -2.26. The van der Waals surface area contributed by atoms with E-state index in [2.05, 4.69) is 15.3 Å². The molecule has 3 aromatic rings. The lowest BCUT2D eigenvalue weighted by Crippen LogP contribution is -2.34. The van der Waals surface area contributed by atoms with Gasteiger partial charge in [0.1, 0.15) is 6.07 Å². The Hall–Kier alpha value is -3.74. The minimum atomic E-state index is -0.486. The minimum Gasteiger partial charge on any atom is -0.337 e.